The Morgan fingerprint density at radius 3 is 2.94 bits per heavy atom. The molecule has 18 heavy (non-hydrogen) atoms. The van der Waals surface area contributed by atoms with Crippen LogP contribution in [0.5, 0.6) is 0 Å². The van der Waals surface area contributed by atoms with Crippen molar-refractivity contribution in [3.63, 3.8) is 0 Å². The van der Waals surface area contributed by atoms with Crippen LogP contribution < -0.4 is 11.1 Å². The fourth-order valence-corrected chi connectivity index (χ4v) is 1.55. The normalized spacial score (nSPS) is 10.3. The minimum Gasteiger partial charge on any atom is -0.384 e. The highest BCUT2D eigenvalue weighted by Gasteiger charge is 2.02. The summed E-state index contributed by atoms with van der Waals surface area (Å²) in [7, 11) is 0. The maximum atomic E-state index is 5.74. The first kappa shape index (κ1) is 12.2. The highest BCUT2D eigenvalue weighted by molar-refractivity contribution is 5.44. The summed E-state index contributed by atoms with van der Waals surface area (Å²) in [4.78, 5) is 8.57. The largest absolute Gasteiger partial charge is 0.384 e. The van der Waals surface area contributed by atoms with Crippen LogP contribution in [0.15, 0.2) is 24.4 Å². The predicted molar refractivity (Wildman–Crippen MR) is 69.8 cm³/mol. The first-order valence-electron chi connectivity index (χ1n) is 5.92. The molecule has 0 radical (unpaired) electrons. The van der Waals surface area contributed by atoms with Gasteiger partial charge in [0.15, 0.2) is 0 Å². The van der Waals surface area contributed by atoms with E-state index in [0.717, 1.165) is 30.2 Å². The van der Waals surface area contributed by atoms with Gasteiger partial charge in [0, 0.05) is 18.7 Å². The Hall–Kier alpha value is -2.24. The van der Waals surface area contributed by atoms with E-state index in [1.54, 1.807) is 12.3 Å². The molecular weight excluding hydrogens is 228 g/mol. The second-order valence-corrected chi connectivity index (χ2v) is 3.91. The van der Waals surface area contributed by atoms with Crippen molar-refractivity contribution in [2.24, 2.45) is 0 Å². The highest BCUT2D eigenvalue weighted by Crippen LogP contribution is 2.10. The van der Waals surface area contributed by atoms with E-state index >= 15 is 0 Å². The molecule has 0 unspecified atom stereocenters. The van der Waals surface area contributed by atoms with Gasteiger partial charge in [-0.25, -0.2) is 9.97 Å². The van der Waals surface area contributed by atoms with Crippen LogP contribution in [-0.4, -0.2) is 20.2 Å². The third kappa shape index (κ3) is 3.38. The topological polar surface area (TPSA) is 89.6 Å². The Bertz CT molecular complexity index is 499. The van der Waals surface area contributed by atoms with E-state index in [9.17, 15) is 0 Å². The summed E-state index contributed by atoms with van der Waals surface area (Å²) in [5.41, 5.74) is 6.59. The molecular formula is C12H16N6. The Morgan fingerprint density at radius 2 is 2.22 bits per heavy atom. The van der Waals surface area contributed by atoms with Crippen LogP contribution in [0.2, 0.25) is 0 Å². The average Bonchev–Trinajstić information content (AvgIpc) is 2.37. The van der Waals surface area contributed by atoms with Crippen LogP contribution in [-0.2, 0) is 13.0 Å². The van der Waals surface area contributed by atoms with E-state index in [0.29, 0.717) is 12.4 Å². The smallest absolute Gasteiger partial charge is 0.133 e. The van der Waals surface area contributed by atoms with E-state index in [1.807, 2.05) is 12.1 Å². The van der Waals surface area contributed by atoms with Crippen molar-refractivity contribution in [1.29, 1.82) is 0 Å². The number of anilines is 2. The second-order valence-electron chi connectivity index (χ2n) is 3.91. The fraction of sp³-hybridized carbons (Fsp3) is 0.333. The summed E-state index contributed by atoms with van der Waals surface area (Å²) in [6, 6.07) is 5.47. The summed E-state index contributed by atoms with van der Waals surface area (Å²) in [6.07, 6.45) is 3.46. The van der Waals surface area contributed by atoms with Gasteiger partial charge in [0.05, 0.1) is 12.2 Å². The molecule has 0 fully saturated rings. The van der Waals surface area contributed by atoms with Crippen molar-refractivity contribution >= 4 is 11.6 Å². The van der Waals surface area contributed by atoms with Gasteiger partial charge >= 0.3 is 0 Å². The minimum absolute atomic E-state index is 0.482. The average molecular weight is 244 g/mol. The summed E-state index contributed by atoms with van der Waals surface area (Å²) < 4.78 is 0. The zero-order chi connectivity index (χ0) is 12.8. The molecule has 0 aromatic carbocycles. The van der Waals surface area contributed by atoms with Crippen molar-refractivity contribution in [2.75, 3.05) is 11.1 Å². The standard InChI is InChI=1S/C12H16N6/c1-2-4-11-16-10(13)7-12(17-11)14-8-9-5-3-6-15-18-9/h3,5-7H,2,4,8H2,1H3,(H3,13,14,16,17). The minimum atomic E-state index is 0.482. The van der Waals surface area contributed by atoms with Crippen molar-refractivity contribution in [3.8, 4) is 0 Å². The van der Waals surface area contributed by atoms with E-state index in [2.05, 4.69) is 32.4 Å². The molecule has 0 aliphatic rings. The van der Waals surface area contributed by atoms with Gasteiger partial charge in [-0.1, -0.05) is 6.92 Å². The van der Waals surface area contributed by atoms with Crippen molar-refractivity contribution in [3.05, 3.63) is 35.9 Å². The van der Waals surface area contributed by atoms with E-state index < -0.39 is 0 Å². The molecule has 2 aromatic rings. The number of aromatic nitrogens is 4. The third-order valence-electron chi connectivity index (χ3n) is 2.34. The maximum Gasteiger partial charge on any atom is 0.133 e. The Morgan fingerprint density at radius 1 is 1.33 bits per heavy atom. The predicted octanol–water partition coefficient (Wildman–Crippen LogP) is 1.41. The van der Waals surface area contributed by atoms with Crippen LogP contribution in [0.4, 0.5) is 11.6 Å². The van der Waals surface area contributed by atoms with Crippen LogP contribution >= 0.6 is 0 Å². The van der Waals surface area contributed by atoms with Gasteiger partial charge in [0.1, 0.15) is 17.5 Å². The quantitative estimate of drug-likeness (QED) is 0.826. The molecule has 0 bridgehead atoms. The molecule has 6 nitrogen and oxygen atoms in total. The summed E-state index contributed by atoms with van der Waals surface area (Å²) >= 11 is 0. The Balaban J connectivity index is 2.05. The molecule has 2 heterocycles. The molecule has 0 spiro atoms. The van der Waals surface area contributed by atoms with Gasteiger partial charge in [0.25, 0.3) is 0 Å². The van der Waals surface area contributed by atoms with Crippen molar-refractivity contribution in [1.82, 2.24) is 20.2 Å². The van der Waals surface area contributed by atoms with Gasteiger partial charge in [-0.15, -0.1) is 0 Å². The van der Waals surface area contributed by atoms with E-state index in [4.69, 9.17) is 5.73 Å². The number of hydrogen-bond donors (Lipinski definition) is 2. The third-order valence-corrected chi connectivity index (χ3v) is 2.34. The molecule has 94 valence electrons. The molecule has 0 amide bonds. The first-order valence-corrected chi connectivity index (χ1v) is 5.92. The van der Waals surface area contributed by atoms with Crippen molar-refractivity contribution < 1.29 is 0 Å². The monoisotopic (exact) mass is 244 g/mol. The SMILES string of the molecule is CCCc1nc(N)cc(NCc2cccnn2)n1. The fourth-order valence-electron chi connectivity index (χ4n) is 1.55. The molecule has 0 saturated carbocycles. The molecule has 3 N–H and O–H groups in total. The van der Waals surface area contributed by atoms with E-state index in [1.165, 1.54) is 0 Å². The lowest BCUT2D eigenvalue weighted by Gasteiger charge is -2.07. The molecule has 2 aromatic heterocycles. The van der Waals surface area contributed by atoms with Gasteiger partial charge < -0.3 is 11.1 Å². The van der Waals surface area contributed by atoms with Crippen molar-refractivity contribution in [2.45, 2.75) is 26.3 Å². The summed E-state index contributed by atoms with van der Waals surface area (Å²) in [6.45, 7) is 2.65. The van der Waals surface area contributed by atoms with Gasteiger partial charge in [-0.2, -0.15) is 10.2 Å². The summed E-state index contributed by atoms with van der Waals surface area (Å²) in [5.74, 6) is 1.96. The van der Waals surface area contributed by atoms with Crippen LogP contribution in [0, 0.1) is 0 Å². The molecule has 0 atom stereocenters. The number of rotatable bonds is 5. The van der Waals surface area contributed by atoms with Crippen LogP contribution in [0.1, 0.15) is 24.9 Å². The van der Waals surface area contributed by atoms with E-state index in [-0.39, 0.29) is 0 Å². The Kier molecular flexibility index (Phi) is 4.01. The highest BCUT2D eigenvalue weighted by atomic mass is 15.1. The van der Waals surface area contributed by atoms with Gasteiger partial charge in [-0.05, 0) is 18.6 Å². The number of aryl methyl sites for hydroxylation is 1. The number of nitrogens with zero attached hydrogens (tertiary/aromatic N) is 4. The lowest BCUT2D eigenvalue weighted by molar-refractivity contribution is 0.834. The number of nitrogens with one attached hydrogen (secondary N) is 1. The summed E-state index contributed by atoms with van der Waals surface area (Å²) in [5, 5.41) is 11.0. The number of nitrogens with two attached hydrogens (primary N) is 1. The lowest BCUT2D eigenvalue weighted by Crippen LogP contribution is -2.07. The lowest BCUT2D eigenvalue weighted by atomic mass is 10.3. The zero-order valence-electron chi connectivity index (χ0n) is 10.3. The van der Waals surface area contributed by atoms with Crippen LogP contribution in [0.25, 0.3) is 0 Å². The van der Waals surface area contributed by atoms with Gasteiger partial charge in [0.2, 0.25) is 0 Å². The second kappa shape index (κ2) is 5.90. The molecule has 0 aliphatic heterocycles. The van der Waals surface area contributed by atoms with Crippen LogP contribution in [0.3, 0.4) is 0 Å². The molecule has 2 rings (SSSR count). The first-order chi connectivity index (χ1) is 8.78. The molecule has 6 heteroatoms. The maximum absolute atomic E-state index is 5.74. The molecule has 0 saturated heterocycles. The number of hydrogen-bond acceptors (Lipinski definition) is 6. The number of nitrogen functional groups attached to an aromatic ring is 1. The molecule has 0 aliphatic carbocycles. The Labute approximate surface area is 106 Å². The zero-order valence-corrected chi connectivity index (χ0v) is 10.3. The van der Waals surface area contributed by atoms with Gasteiger partial charge in [-0.3, -0.25) is 0 Å².